The summed E-state index contributed by atoms with van der Waals surface area (Å²) in [4.78, 5) is 23.3. The number of hydrogen-bond acceptors (Lipinski definition) is 5. The van der Waals surface area contributed by atoms with Crippen molar-refractivity contribution >= 4 is 17.3 Å². The molecule has 0 heterocycles. The van der Waals surface area contributed by atoms with Gasteiger partial charge in [0.1, 0.15) is 5.69 Å². The van der Waals surface area contributed by atoms with E-state index in [0.29, 0.717) is 24.9 Å². The highest BCUT2D eigenvalue weighted by molar-refractivity contribution is 5.95. The highest BCUT2D eigenvalue weighted by Crippen LogP contribution is 2.31. The Bertz CT molecular complexity index is 818. The quantitative estimate of drug-likeness (QED) is 0.560. The van der Waals surface area contributed by atoms with Crippen LogP contribution in [0.5, 0.6) is 0 Å². The minimum absolute atomic E-state index is 0.0793. The Morgan fingerprint density at radius 1 is 1.23 bits per heavy atom. The van der Waals surface area contributed by atoms with Gasteiger partial charge in [-0.1, -0.05) is 24.3 Å². The highest BCUT2D eigenvalue weighted by atomic mass is 16.6. The maximum absolute atomic E-state index is 12.4. The fourth-order valence-electron chi connectivity index (χ4n) is 2.70. The normalized spacial score (nSPS) is 13.3. The molecule has 1 aliphatic rings. The molecule has 0 saturated heterocycles. The number of nitrogens with zero attached hydrogens (tertiary/aromatic N) is 1. The topological polar surface area (TPSA) is 93.5 Å². The van der Waals surface area contributed by atoms with Gasteiger partial charge < -0.3 is 15.4 Å². The van der Waals surface area contributed by atoms with Crippen LogP contribution in [0.15, 0.2) is 42.5 Å². The molecule has 26 heavy (non-hydrogen) atoms. The van der Waals surface area contributed by atoms with Crippen LogP contribution in [0.1, 0.15) is 34.3 Å². The van der Waals surface area contributed by atoms with E-state index in [1.807, 2.05) is 24.3 Å². The van der Waals surface area contributed by atoms with E-state index >= 15 is 0 Å². The van der Waals surface area contributed by atoms with Crippen LogP contribution in [0.4, 0.5) is 11.4 Å². The standard InChI is InChI=1S/C19H21N3O4/c1-26-12-15-5-3-2-4-14(15)11-20-19(23)13-6-9-17(21-16-7-8-16)18(10-13)22(24)25/h2-6,9-10,16,21H,7-8,11-12H2,1H3,(H,20,23). The molecule has 2 aromatic carbocycles. The van der Waals surface area contributed by atoms with E-state index in [9.17, 15) is 14.9 Å². The summed E-state index contributed by atoms with van der Waals surface area (Å²) in [6.07, 6.45) is 2.03. The van der Waals surface area contributed by atoms with Gasteiger partial charge in [-0.05, 0) is 36.1 Å². The van der Waals surface area contributed by atoms with Gasteiger partial charge in [-0.15, -0.1) is 0 Å². The van der Waals surface area contributed by atoms with Crippen molar-refractivity contribution in [2.45, 2.75) is 32.0 Å². The van der Waals surface area contributed by atoms with Gasteiger partial charge in [0.25, 0.3) is 11.6 Å². The van der Waals surface area contributed by atoms with E-state index in [0.717, 1.165) is 24.0 Å². The molecule has 136 valence electrons. The molecular formula is C19H21N3O4. The fourth-order valence-corrected chi connectivity index (χ4v) is 2.70. The van der Waals surface area contributed by atoms with Gasteiger partial charge in [0.15, 0.2) is 0 Å². The second kappa shape index (κ2) is 7.97. The molecule has 7 heteroatoms. The Labute approximate surface area is 151 Å². The predicted octanol–water partition coefficient (Wildman–Crippen LogP) is 3.25. The first-order valence-corrected chi connectivity index (χ1v) is 8.47. The zero-order chi connectivity index (χ0) is 18.5. The number of ether oxygens (including phenoxy) is 1. The smallest absolute Gasteiger partial charge is 0.293 e. The number of nitrogens with one attached hydrogen (secondary N) is 2. The number of methoxy groups -OCH3 is 1. The third-order valence-corrected chi connectivity index (χ3v) is 4.25. The van der Waals surface area contributed by atoms with Gasteiger partial charge in [-0.25, -0.2) is 0 Å². The Hall–Kier alpha value is -2.93. The average molecular weight is 355 g/mol. The number of benzene rings is 2. The molecule has 1 amide bonds. The van der Waals surface area contributed by atoms with Crippen molar-refractivity contribution in [1.29, 1.82) is 0 Å². The molecule has 0 radical (unpaired) electrons. The summed E-state index contributed by atoms with van der Waals surface area (Å²) < 4.78 is 5.16. The number of hydrogen-bond donors (Lipinski definition) is 2. The number of rotatable bonds is 8. The maximum Gasteiger partial charge on any atom is 0.293 e. The van der Waals surface area contributed by atoms with Crippen LogP contribution in [-0.2, 0) is 17.9 Å². The van der Waals surface area contributed by atoms with Crippen LogP contribution in [0.2, 0.25) is 0 Å². The molecule has 3 rings (SSSR count). The SMILES string of the molecule is COCc1ccccc1CNC(=O)c1ccc(NC2CC2)c([N+](=O)[O-])c1. The van der Waals surface area contributed by atoms with Gasteiger partial charge in [-0.2, -0.15) is 0 Å². The van der Waals surface area contributed by atoms with Gasteiger partial charge in [-0.3, -0.25) is 14.9 Å². The molecule has 1 aliphatic carbocycles. The van der Waals surface area contributed by atoms with E-state index in [2.05, 4.69) is 10.6 Å². The first kappa shape index (κ1) is 17.9. The highest BCUT2D eigenvalue weighted by Gasteiger charge is 2.25. The molecule has 0 spiro atoms. The number of carbonyl (C=O) groups is 1. The second-order valence-electron chi connectivity index (χ2n) is 6.29. The second-order valence-corrected chi connectivity index (χ2v) is 6.29. The summed E-state index contributed by atoms with van der Waals surface area (Å²) in [6.45, 7) is 0.785. The van der Waals surface area contributed by atoms with E-state index in [4.69, 9.17) is 4.74 Å². The lowest BCUT2D eigenvalue weighted by Crippen LogP contribution is -2.23. The summed E-state index contributed by atoms with van der Waals surface area (Å²) in [5, 5.41) is 17.3. The first-order valence-electron chi connectivity index (χ1n) is 8.47. The van der Waals surface area contributed by atoms with Crippen LogP contribution in [0.3, 0.4) is 0 Å². The van der Waals surface area contributed by atoms with E-state index in [-0.39, 0.29) is 17.2 Å². The third-order valence-electron chi connectivity index (χ3n) is 4.25. The Morgan fingerprint density at radius 2 is 1.96 bits per heavy atom. The maximum atomic E-state index is 12.4. The van der Waals surface area contributed by atoms with Crippen LogP contribution >= 0.6 is 0 Å². The van der Waals surface area contributed by atoms with E-state index in [1.165, 1.54) is 6.07 Å². The Morgan fingerprint density at radius 3 is 2.62 bits per heavy atom. The zero-order valence-corrected chi connectivity index (χ0v) is 14.5. The van der Waals surface area contributed by atoms with E-state index < -0.39 is 4.92 Å². The summed E-state index contributed by atoms with van der Waals surface area (Å²) in [5.41, 5.74) is 2.58. The minimum atomic E-state index is -0.463. The number of amides is 1. The summed E-state index contributed by atoms with van der Waals surface area (Å²) >= 11 is 0. The zero-order valence-electron chi connectivity index (χ0n) is 14.5. The van der Waals surface area contributed by atoms with Crippen molar-refractivity contribution in [1.82, 2.24) is 5.32 Å². The number of anilines is 1. The molecule has 0 bridgehead atoms. The molecule has 0 unspecified atom stereocenters. The molecular weight excluding hydrogens is 334 g/mol. The number of nitro groups is 1. The van der Waals surface area contributed by atoms with Crippen molar-refractivity contribution in [3.05, 3.63) is 69.3 Å². The lowest BCUT2D eigenvalue weighted by atomic mass is 10.1. The summed E-state index contributed by atoms with van der Waals surface area (Å²) in [5.74, 6) is -0.349. The number of carbonyl (C=O) groups excluding carboxylic acids is 1. The van der Waals surface area contributed by atoms with Crippen LogP contribution < -0.4 is 10.6 Å². The van der Waals surface area contributed by atoms with Crippen molar-refractivity contribution in [3.63, 3.8) is 0 Å². The molecule has 1 saturated carbocycles. The first-order chi connectivity index (χ1) is 12.6. The van der Waals surface area contributed by atoms with Crippen molar-refractivity contribution in [2.24, 2.45) is 0 Å². The van der Waals surface area contributed by atoms with Gasteiger partial charge in [0, 0.05) is 31.3 Å². The predicted molar refractivity (Wildman–Crippen MR) is 98.1 cm³/mol. The lowest BCUT2D eigenvalue weighted by Gasteiger charge is -2.11. The molecule has 2 aromatic rings. The van der Waals surface area contributed by atoms with Gasteiger partial charge in [0.05, 0.1) is 11.5 Å². The summed E-state index contributed by atoms with van der Waals surface area (Å²) in [7, 11) is 1.62. The van der Waals surface area contributed by atoms with E-state index in [1.54, 1.807) is 19.2 Å². The van der Waals surface area contributed by atoms with Crippen molar-refractivity contribution in [3.8, 4) is 0 Å². The largest absolute Gasteiger partial charge is 0.380 e. The fraction of sp³-hybridized carbons (Fsp3) is 0.316. The molecule has 7 nitrogen and oxygen atoms in total. The Kier molecular flexibility index (Phi) is 5.48. The molecule has 0 aromatic heterocycles. The summed E-state index contributed by atoms with van der Waals surface area (Å²) in [6, 6.07) is 12.5. The minimum Gasteiger partial charge on any atom is -0.380 e. The molecule has 1 fully saturated rings. The average Bonchev–Trinajstić information content (AvgIpc) is 3.45. The van der Waals surface area contributed by atoms with Crippen LogP contribution in [0, 0.1) is 10.1 Å². The Balaban J connectivity index is 1.71. The number of nitro benzene ring substituents is 1. The van der Waals surface area contributed by atoms with Crippen molar-refractivity contribution < 1.29 is 14.5 Å². The van der Waals surface area contributed by atoms with Crippen molar-refractivity contribution in [2.75, 3.05) is 12.4 Å². The van der Waals surface area contributed by atoms with Crippen LogP contribution in [0.25, 0.3) is 0 Å². The van der Waals surface area contributed by atoms with Gasteiger partial charge in [0.2, 0.25) is 0 Å². The monoisotopic (exact) mass is 355 g/mol. The third kappa shape index (κ3) is 4.37. The molecule has 2 N–H and O–H groups in total. The molecule has 0 atom stereocenters. The van der Waals surface area contributed by atoms with Crippen LogP contribution in [-0.4, -0.2) is 24.0 Å². The lowest BCUT2D eigenvalue weighted by molar-refractivity contribution is -0.384. The molecule has 0 aliphatic heterocycles. The van der Waals surface area contributed by atoms with Gasteiger partial charge >= 0.3 is 0 Å².